The monoisotopic (exact) mass is 1790 g/mol. The summed E-state index contributed by atoms with van der Waals surface area (Å²) in [6.07, 6.45) is -45.2. The molecule has 3 saturated heterocycles. The highest BCUT2D eigenvalue weighted by molar-refractivity contribution is 7.82. The van der Waals surface area contributed by atoms with Crippen molar-refractivity contribution in [1.82, 2.24) is 31.9 Å². The standard InChI is InChI=1S/C65H70N6O40S7/c72-57(35-19-7-1-8-20-35)66-32-43-51(107-114(84,85)86)53(109-116(90,91)92)46(70-61(76)39-27-15-5-16-28-39)63(100-43)103-48-41(68-59(74)37-23-11-3-12-24-37)31-42(69-60(75)38-25-13-4-14-26-38)49(106-113(81,82)83)55(48)105-65-56(111-118(96,97)98)50(45(102-65)34-99-112(78,79)80)104-64-47(71-62(77)40-29-17-6-18-30-40)54(110-117(93,94)95)52(108-115(87,88)89)44(101-64)33-67-58(73)36-21-9-2-10-22-36/h1-30,41-56,63-65H,31-34H2,(H,66,72)(H,67,73)(H,68,74)(H,69,75)(H,70,76)(H,71,77)(H,78,79,80)(H,81,82,83)(H,84,85,86)(H,87,88,89)(H,90,91,92)(H,93,94,95)(H,96,97,98)/p-7/t41?,42-,43?,44?,45?,46-,47-,48?,49+,50?,51?,52-,53-,54-,55+,56?,63+,64?,65?/m1/s1. The van der Waals surface area contributed by atoms with Gasteiger partial charge in [0, 0.05) is 46.5 Å². The number of carbonyl (C=O) groups is 6. The number of ether oxygens (including phenoxy) is 6. The molecule has 10 unspecified atom stereocenters. The van der Waals surface area contributed by atoms with Crippen molar-refractivity contribution in [1.29, 1.82) is 0 Å². The number of hydrogen-bond donors (Lipinski definition) is 6. The molecule has 4 aliphatic rings. The van der Waals surface area contributed by atoms with E-state index in [9.17, 15) is 120 Å². The first-order valence-electron chi connectivity index (χ1n) is 33.8. The number of carbonyl (C=O) groups excluding carboxylic acids is 6. The molecule has 4 fully saturated rings. The van der Waals surface area contributed by atoms with Crippen LogP contribution in [0.15, 0.2) is 182 Å². The van der Waals surface area contributed by atoms with Crippen molar-refractivity contribution >= 4 is 108 Å². The van der Waals surface area contributed by atoms with E-state index in [1.807, 2.05) is 0 Å². The molecular formula is C65H63N6O40S7-7. The third-order valence-corrected chi connectivity index (χ3v) is 20.7. The van der Waals surface area contributed by atoms with E-state index in [0.29, 0.717) is 0 Å². The van der Waals surface area contributed by atoms with Crippen molar-refractivity contribution in [3.63, 3.8) is 0 Å². The Labute approximate surface area is 671 Å². The number of nitrogens with one attached hydrogen (secondary N) is 6. The van der Waals surface area contributed by atoms with Gasteiger partial charge in [-0.25, -0.2) is 58.9 Å². The highest BCUT2D eigenvalue weighted by Crippen LogP contribution is 2.41. The van der Waals surface area contributed by atoms with Crippen LogP contribution in [0, 0.1) is 0 Å². The number of amides is 6. The van der Waals surface area contributed by atoms with Crippen molar-refractivity contribution < 1.29 is 177 Å². The van der Waals surface area contributed by atoms with Gasteiger partial charge in [0.25, 0.3) is 35.4 Å². The van der Waals surface area contributed by atoms with Gasteiger partial charge in [0.15, 0.2) is 25.0 Å². The molecule has 1 aliphatic carbocycles. The van der Waals surface area contributed by atoms with Crippen molar-refractivity contribution in [3.8, 4) is 0 Å². The average molecular weight is 1790 g/mol. The van der Waals surface area contributed by atoms with Crippen LogP contribution in [0.5, 0.6) is 0 Å². The van der Waals surface area contributed by atoms with Crippen LogP contribution in [0.3, 0.4) is 0 Å². The molecule has 642 valence electrons. The fourth-order valence-corrected chi connectivity index (χ4v) is 16.1. The zero-order valence-corrected chi connectivity index (χ0v) is 65.0. The van der Waals surface area contributed by atoms with E-state index in [2.05, 4.69) is 36.1 Å². The topological polar surface area (TPSA) is 695 Å². The Kier molecular flexibility index (Phi) is 29.9. The molecule has 19 atom stereocenters. The van der Waals surface area contributed by atoms with Gasteiger partial charge < -0.3 is 92.2 Å². The van der Waals surface area contributed by atoms with Crippen molar-refractivity contribution in [2.24, 2.45) is 0 Å². The summed E-state index contributed by atoms with van der Waals surface area (Å²) in [5, 5.41) is 13.5. The van der Waals surface area contributed by atoms with E-state index in [-0.39, 0.29) is 22.3 Å². The first-order chi connectivity index (χ1) is 55.3. The fourth-order valence-electron chi connectivity index (χ4n) is 12.8. The van der Waals surface area contributed by atoms with E-state index < -0.39 is 262 Å². The lowest BCUT2D eigenvalue weighted by atomic mass is 9.82. The molecule has 3 heterocycles. The Morgan fingerprint density at radius 3 is 0.873 bits per heavy atom. The molecule has 6 aromatic carbocycles. The summed E-state index contributed by atoms with van der Waals surface area (Å²) in [5.74, 6) is -7.56. The van der Waals surface area contributed by atoms with E-state index in [4.69, 9.17) is 53.5 Å². The summed E-state index contributed by atoms with van der Waals surface area (Å²) in [5.41, 5.74) is -1.91. The zero-order chi connectivity index (χ0) is 85.9. The maximum absolute atomic E-state index is 14.8. The van der Waals surface area contributed by atoms with Gasteiger partial charge in [0.05, 0.1) is 18.7 Å². The average Bonchev–Trinajstić information content (AvgIpc) is 1.27. The SMILES string of the molecule is O=C(NCC1O[C@@H](OC2C(NC(=O)c3ccccc3)C[C@@H](NC(=O)c3ccccc3)[C@H](OS(=O)(=O)[O-])[C@H]2OC2OC(COS(=O)(=O)[O-])C(OC3OC(CNC(=O)c4ccccc4)[C@@H](OS(=O)(=O)[O-])[C@H](OS(=O)(=O)[O-])[C@H]3NC(=O)c3ccccc3)C2OS(=O)(=O)[O-])[C@H](NC(=O)c2ccccc2)[C@@H](OS(=O)(=O)[O-])C1OS(=O)(=O)[O-])c1ccccc1. The van der Waals surface area contributed by atoms with Gasteiger partial charge in [-0.15, -0.1) is 0 Å². The van der Waals surface area contributed by atoms with Crippen molar-refractivity contribution in [3.05, 3.63) is 215 Å². The second-order valence-electron chi connectivity index (χ2n) is 25.4. The largest absolute Gasteiger partial charge is 0.726 e. The van der Waals surface area contributed by atoms with Crippen LogP contribution in [-0.4, -0.2) is 262 Å². The Balaban J connectivity index is 1.20. The first-order valence-corrected chi connectivity index (χ1v) is 43.1. The molecule has 0 radical (unpaired) electrons. The summed E-state index contributed by atoms with van der Waals surface area (Å²) in [4.78, 5) is 85.8. The second-order valence-corrected chi connectivity index (χ2v) is 32.6. The molecule has 0 bridgehead atoms. The minimum Gasteiger partial charge on any atom is -0.726 e. The third-order valence-electron chi connectivity index (χ3n) is 17.5. The molecule has 0 spiro atoms. The Hall–Kier alpha value is -9.01. The Bertz CT molecular complexity index is 5390. The van der Waals surface area contributed by atoms with Gasteiger partial charge in [-0.2, -0.15) is 0 Å². The van der Waals surface area contributed by atoms with E-state index in [1.54, 1.807) is 0 Å². The summed E-state index contributed by atoms with van der Waals surface area (Å²) in [6, 6.07) is 27.4. The van der Waals surface area contributed by atoms with E-state index >= 15 is 0 Å². The van der Waals surface area contributed by atoms with Gasteiger partial charge in [0.1, 0.15) is 79.2 Å². The second kappa shape index (κ2) is 38.6. The maximum atomic E-state index is 14.8. The summed E-state index contributed by atoms with van der Waals surface area (Å²) >= 11 is 0. The minimum atomic E-state index is -6.63. The van der Waals surface area contributed by atoms with Crippen LogP contribution >= 0.6 is 0 Å². The number of benzene rings is 6. The van der Waals surface area contributed by atoms with Crippen LogP contribution in [0.4, 0.5) is 0 Å². The van der Waals surface area contributed by atoms with Crippen LogP contribution in [-0.2, 0) is 130 Å². The lowest BCUT2D eigenvalue weighted by Crippen LogP contribution is -2.71. The molecule has 6 N–H and O–H groups in total. The minimum absolute atomic E-state index is 0.188. The predicted octanol–water partition coefficient (Wildman–Crippen LogP) is -3.68. The van der Waals surface area contributed by atoms with Crippen LogP contribution in [0.25, 0.3) is 0 Å². The van der Waals surface area contributed by atoms with Gasteiger partial charge in [0.2, 0.25) is 72.8 Å². The first kappa shape index (κ1) is 91.3. The van der Waals surface area contributed by atoms with Crippen LogP contribution in [0.1, 0.15) is 68.6 Å². The fraction of sp³-hybridized carbons (Fsp3) is 0.354. The molecule has 3 aliphatic heterocycles. The lowest BCUT2D eigenvalue weighted by molar-refractivity contribution is -0.304. The van der Waals surface area contributed by atoms with Crippen molar-refractivity contribution in [2.45, 2.75) is 123 Å². The molecule has 53 heteroatoms. The molecule has 46 nitrogen and oxygen atoms in total. The smallest absolute Gasteiger partial charge is 0.251 e. The summed E-state index contributed by atoms with van der Waals surface area (Å²) in [6.45, 7) is -4.43. The van der Waals surface area contributed by atoms with Crippen molar-refractivity contribution in [2.75, 3.05) is 19.7 Å². The molecule has 6 aromatic rings. The highest BCUT2D eigenvalue weighted by atomic mass is 32.3. The molecule has 118 heavy (non-hydrogen) atoms. The number of rotatable bonds is 35. The van der Waals surface area contributed by atoms with Gasteiger partial charge >= 0.3 is 0 Å². The van der Waals surface area contributed by atoms with Crippen LogP contribution in [0.2, 0.25) is 0 Å². The third kappa shape index (κ3) is 26.5. The summed E-state index contributed by atoms with van der Waals surface area (Å²) in [7, 11) is -44.7. The number of hydrogen-bond acceptors (Lipinski definition) is 40. The van der Waals surface area contributed by atoms with Gasteiger partial charge in [-0.3, -0.25) is 58.0 Å². The lowest BCUT2D eigenvalue weighted by Gasteiger charge is -2.51. The van der Waals surface area contributed by atoms with Gasteiger partial charge in [-0.1, -0.05) is 109 Å². The quantitative estimate of drug-likeness (QED) is 0.0165. The zero-order valence-electron chi connectivity index (χ0n) is 59.3. The Morgan fingerprint density at radius 1 is 0.288 bits per heavy atom. The van der Waals surface area contributed by atoms with Gasteiger partial charge in [-0.05, 0) is 79.2 Å². The highest BCUT2D eigenvalue weighted by Gasteiger charge is 2.60. The molecule has 6 amide bonds. The summed E-state index contributed by atoms with van der Waals surface area (Å²) < 4.78 is 344. The molecular weight excluding hydrogens is 1730 g/mol. The molecule has 0 aromatic heterocycles. The Morgan fingerprint density at radius 2 is 0.551 bits per heavy atom. The van der Waals surface area contributed by atoms with Crippen LogP contribution < -0.4 is 31.9 Å². The predicted molar refractivity (Wildman–Crippen MR) is 377 cm³/mol. The van der Waals surface area contributed by atoms with E-state index in [1.165, 1.54) is 133 Å². The van der Waals surface area contributed by atoms with E-state index in [0.717, 1.165) is 48.5 Å². The molecule has 10 rings (SSSR count). The molecule has 1 saturated carbocycles. The maximum Gasteiger partial charge on any atom is 0.251 e. The normalized spacial score (nSPS) is 27.2.